The van der Waals surface area contributed by atoms with E-state index in [-0.39, 0.29) is 19.4 Å². The van der Waals surface area contributed by atoms with Crippen molar-refractivity contribution in [3.63, 3.8) is 0 Å². The molecule has 0 amide bonds. The van der Waals surface area contributed by atoms with Crippen molar-refractivity contribution in [3.05, 3.63) is 0 Å². The van der Waals surface area contributed by atoms with Gasteiger partial charge in [-0.2, -0.15) is 13.2 Å². The fourth-order valence-corrected chi connectivity index (χ4v) is 1.05. The lowest BCUT2D eigenvalue weighted by atomic mass is 10.1. The van der Waals surface area contributed by atoms with Crippen LogP contribution < -0.4 is 11.3 Å². The normalized spacial score (nSPS) is 14.4. The molecule has 8 heteroatoms. The Kier molecular flexibility index (Phi) is 7.52. The molecule has 0 heterocycles. The van der Waals surface area contributed by atoms with Crippen molar-refractivity contribution >= 4 is 0 Å². The monoisotopic (exact) mass is 250 g/mol. The minimum absolute atomic E-state index is 0.0446. The average Bonchev–Trinajstić information content (AvgIpc) is 2.15. The van der Waals surface area contributed by atoms with E-state index in [1.165, 1.54) is 0 Å². The SMILES string of the molecule is NNC(CCOCC(F)F)CCC(F)(F)F. The summed E-state index contributed by atoms with van der Waals surface area (Å²) in [5, 5.41) is 0. The van der Waals surface area contributed by atoms with Gasteiger partial charge in [0.25, 0.3) is 6.43 Å². The van der Waals surface area contributed by atoms with Crippen molar-refractivity contribution in [2.45, 2.75) is 37.9 Å². The molecule has 0 aromatic heterocycles. The minimum Gasteiger partial charge on any atom is -0.375 e. The number of nitrogens with two attached hydrogens (primary N) is 1. The van der Waals surface area contributed by atoms with Crippen LogP contribution in [0.15, 0.2) is 0 Å². The van der Waals surface area contributed by atoms with E-state index < -0.39 is 31.7 Å². The lowest BCUT2D eigenvalue weighted by Gasteiger charge is -2.16. The van der Waals surface area contributed by atoms with Crippen molar-refractivity contribution in [3.8, 4) is 0 Å². The summed E-state index contributed by atoms with van der Waals surface area (Å²) in [5.74, 6) is 5.02. The van der Waals surface area contributed by atoms with Crippen LogP contribution in [0.1, 0.15) is 19.3 Å². The second-order valence-electron chi connectivity index (χ2n) is 3.27. The van der Waals surface area contributed by atoms with Gasteiger partial charge < -0.3 is 4.74 Å². The molecule has 3 nitrogen and oxygen atoms in total. The van der Waals surface area contributed by atoms with E-state index >= 15 is 0 Å². The number of nitrogens with one attached hydrogen (secondary N) is 1. The zero-order chi connectivity index (χ0) is 12.6. The minimum atomic E-state index is -4.24. The maximum Gasteiger partial charge on any atom is 0.389 e. The summed E-state index contributed by atoms with van der Waals surface area (Å²) in [6, 6.07) is -0.584. The molecule has 98 valence electrons. The van der Waals surface area contributed by atoms with Crippen LogP contribution in [-0.2, 0) is 4.74 Å². The van der Waals surface area contributed by atoms with E-state index in [2.05, 4.69) is 10.2 Å². The van der Waals surface area contributed by atoms with Gasteiger partial charge in [0.2, 0.25) is 0 Å². The summed E-state index contributed by atoms with van der Waals surface area (Å²) >= 11 is 0. The zero-order valence-electron chi connectivity index (χ0n) is 8.57. The van der Waals surface area contributed by atoms with Gasteiger partial charge in [0.15, 0.2) is 0 Å². The first-order chi connectivity index (χ1) is 7.35. The molecule has 0 aliphatic rings. The first kappa shape index (κ1) is 15.5. The molecular formula is C8H15F5N2O. The third kappa shape index (κ3) is 10.1. The summed E-state index contributed by atoms with van der Waals surface area (Å²) in [5.41, 5.74) is 2.20. The predicted molar refractivity (Wildman–Crippen MR) is 47.8 cm³/mol. The molecule has 0 aliphatic heterocycles. The number of alkyl halides is 5. The lowest BCUT2D eigenvalue weighted by molar-refractivity contribution is -0.136. The van der Waals surface area contributed by atoms with E-state index in [0.29, 0.717) is 0 Å². The number of rotatable bonds is 8. The predicted octanol–water partition coefficient (Wildman–Crippen LogP) is 1.83. The number of hydrogen-bond donors (Lipinski definition) is 2. The van der Waals surface area contributed by atoms with Gasteiger partial charge in [0.05, 0.1) is 0 Å². The molecule has 0 rings (SSSR count). The summed E-state index contributed by atoms with van der Waals surface area (Å²) < 4.78 is 63.3. The average molecular weight is 250 g/mol. The maximum absolute atomic E-state index is 11.8. The summed E-state index contributed by atoms with van der Waals surface area (Å²) in [4.78, 5) is 0. The number of ether oxygens (including phenoxy) is 1. The summed E-state index contributed by atoms with van der Waals surface area (Å²) in [6.45, 7) is -0.756. The molecule has 0 saturated carbocycles. The van der Waals surface area contributed by atoms with Gasteiger partial charge >= 0.3 is 6.18 Å². The molecule has 16 heavy (non-hydrogen) atoms. The Morgan fingerprint density at radius 2 is 1.81 bits per heavy atom. The van der Waals surface area contributed by atoms with Crippen LogP contribution in [0.25, 0.3) is 0 Å². The maximum atomic E-state index is 11.8. The van der Waals surface area contributed by atoms with Crippen molar-refractivity contribution in [2.75, 3.05) is 13.2 Å². The van der Waals surface area contributed by atoms with Crippen LogP contribution in [0.4, 0.5) is 22.0 Å². The second-order valence-corrected chi connectivity index (χ2v) is 3.27. The van der Waals surface area contributed by atoms with Crippen molar-refractivity contribution in [1.82, 2.24) is 5.43 Å². The van der Waals surface area contributed by atoms with E-state index in [4.69, 9.17) is 5.84 Å². The zero-order valence-corrected chi connectivity index (χ0v) is 8.57. The van der Waals surface area contributed by atoms with E-state index in [0.717, 1.165) is 0 Å². The summed E-state index contributed by atoms with van der Waals surface area (Å²) in [7, 11) is 0. The van der Waals surface area contributed by atoms with E-state index in [1.807, 2.05) is 0 Å². The molecule has 0 aliphatic carbocycles. The molecule has 0 fully saturated rings. The Hall–Kier alpha value is -0.470. The highest BCUT2D eigenvalue weighted by Gasteiger charge is 2.27. The van der Waals surface area contributed by atoms with Gasteiger partial charge in [-0.1, -0.05) is 0 Å². The van der Waals surface area contributed by atoms with Crippen molar-refractivity contribution in [2.24, 2.45) is 5.84 Å². The van der Waals surface area contributed by atoms with Crippen LogP contribution in [0.2, 0.25) is 0 Å². The van der Waals surface area contributed by atoms with Crippen LogP contribution in [0.5, 0.6) is 0 Å². The quantitative estimate of drug-likeness (QED) is 0.299. The fraction of sp³-hybridized carbons (Fsp3) is 1.00. The largest absolute Gasteiger partial charge is 0.389 e. The van der Waals surface area contributed by atoms with Crippen LogP contribution in [-0.4, -0.2) is 31.9 Å². The number of hydrazine groups is 1. The third-order valence-corrected chi connectivity index (χ3v) is 1.87. The molecule has 0 spiro atoms. The molecule has 3 N–H and O–H groups in total. The molecule has 0 bridgehead atoms. The first-order valence-corrected chi connectivity index (χ1v) is 4.74. The van der Waals surface area contributed by atoms with Gasteiger partial charge in [-0.3, -0.25) is 11.3 Å². The first-order valence-electron chi connectivity index (χ1n) is 4.74. The van der Waals surface area contributed by atoms with Crippen molar-refractivity contribution in [1.29, 1.82) is 0 Å². The van der Waals surface area contributed by atoms with Crippen LogP contribution >= 0.6 is 0 Å². The molecule has 0 radical (unpaired) electrons. The van der Waals surface area contributed by atoms with Crippen molar-refractivity contribution < 1.29 is 26.7 Å². The Morgan fingerprint density at radius 3 is 2.25 bits per heavy atom. The summed E-state index contributed by atoms with van der Waals surface area (Å²) in [6.07, 6.45) is -7.80. The Balaban J connectivity index is 3.59. The molecule has 1 atom stereocenters. The van der Waals surface area contributed by atoms with E-state index in [9.17, 15) is 22.0 Å². The molecule has 0 aromatic rings. The molecule has 0 aromatic carbocycles. The Labute approximate surface area is 90.1 Å². The highest BCUT2D eigenvalue weighted by molar-refractivity contribution is 4.65. The van der Waals surface area contributed by atoms with Gasteiger partial charge in [-0.05, 0) is 12.8 Å². The number of hydrogen-bond acceptors (Lipinski definition) is 3. The molecule has 1 unspecified atom stereocenters. The van der Waals surface area contributed by atoms with E-state index in [1.54, 1.807) is 0 Å². The molecular weight excluding hydrogens is 235 g/mol. The third-order valence-electron chi connectivity index (χ3n) is 1.87. The van der Waals surface area contributed by atoms with Gasteiger partial charge in [-0.25, -0.2) is 8.78 Å². The molecule has 0 saturated heterocycles. The highest BCUT2D eigenvalue weighted by Crippen LogP contribution is 2.22. The Morgan fingerprint density at radius 1 is 1.19 bits per heavy atom. The van der Waals surface area contributed by atoms with Gasteiger partial charge in [0, 0.05) is 19.1 Å². The van der Waals surface area contributed by atoms with Crippen LogP contribution in [0, 0.1) is 0 Å². The van der Waals surface area contributed by atoms with Gasteiger partial charge in [-0.15, -0.1) is 0 Å². The smallest absolute Gasteiger partial charge is 0.375 e. The van der Waals surface area contributed by atoms with Gasteiger partial charge in [0.1, 0.15) is 6.61 Å². The fourth-order valence-electron chi connectivity index (χ4n) is 1.05. The topological polar surface area (TPSA) is 47.3 Å². The number of halogens is 5. The Bertz CT molecular complexity index is 176. The van der Waals surface area contributed by atoms with Crippen LogP contribution in [0.3, 0.4) is 0 Å². The standard InChI is InChI=1S/C8H15F5N2O/c9-7(10)5-16-4-2-6(15-14)1-3-8(11,12)13/h6-7,15H,1-5,14H2. The second kappa shape index (κ2) is 7.75. The lowest BCUT2D eigenvalue weighted by Crippen LogP contribution is -2.37. The highest BCUT2D eigenvalue weighted by atomic mass is 19.4.